The molecule has 8 heteroatoms. The number of pyridine rings is 1. The van der Waals surface area contributed by atoms with Crippen LogP contribution in [-0.2, 0) is 11.3 Å². The molecule has 4 nitrogen and oxygen atoms in total. The highest BCUT2D eigenvalue weighted by atomic mass is 79.9. The van der Waals surface area contributed by atoms with E-state index in [1.807, 2.05) is 6.07 Å². The van der Waals surface area contributed by atoms with Gasteiger partial charge in [-0.05, 0) is 33.8 Å². The largest absolute Gasteiger partial charge is 0.379 e. The van der Waals surface area contributed by atoms with Crippen molar-refractivity contribution < 1.29 is 4.74 Å². The Morgan fingerprint density at radius 3 is 3.08 bits per heavy atom. The van der Waals surface area contributed by atoms with Crippen LogP contribution in [0.2, 0.25) is 5.15 Å². The van der Waals surface area contributed by atoms with Gasteiger partial charge in [0, 0.05) is 30.1 Å². The molecule has 0 spiro atoms. The third-order valence-electron chi connectivity index (χ3n) is 4.01. The van der Waals surface area contributed by atoms with Gasteiger partial charge >= 0.3 is 0 Å². The van der Waals surface area contributed by atoms with Crippen molar-refractivity contribution in [2.45, 2.75) is 25.1 Å². The summed E-state index contributed by atoms with van der Waals surface area (Å²) in [5.41, 5.74) is 8.04. The molecule has 3 N–H and O–H groups in total. The molecule has 0 amide bonds. The molecule has 1 fully saturated rings. The number of nitrogens with zero attached hydrogens (tertiary/aromatic N) is 1. The van der Waals surface area contributed by atoms with E-state index in [0.717, 1.165) is 38.2 Å². The summed E-state index contributed by atoms with van der Waals surface area (Å²) < 4.78 is 7.83. The lowest BCUT2D eigenvalue weighted by Gasteiger charge is -2.12. The summed E-state index contributed by atoms with van der Waals surface area (Å²) in [7, 11) is 0. The van der Waals surface area contributed by atoms with Gasteiger partial charge in [-0.2, -0.15) is 0 Å². The van der Waals surface area contributed by atoms with Gasteiger partial charge in [0.1, 0.15) is 11.3 Å². The van der Waals surface area contributed by atoms with Gasteiger partial charge in [0.15, 0.2) is 0 Å². The minimum Gasteiger partial charge on any atom is -0.379 e. The minimum absolute atomic E-state index is 0.0207. The van der Waals surface area contributed by atoms with E-state index in [1.54, 1.807) is 22.7 Å². The molecule has 0 aromatic carbocycles. The monoisotopic (exact) mass is 443 g/mol. The summed E-state index contributed by atoms with van der Waals surface area (Å²) in [5, 5.41) is 6.02. The van der Waals surface area contributed by atoms with Crippen molar-refractivity contribution in [1.82, 2.24) is 4.98 Å². The second kappa shape index (κ2) is 6.90. The van der Waals surface area contributed by atoms with E-state index >= 15 is 0 Å². The Hall–Kier alpha value is -0.700. The number of hydrogen-bond donors (Lipinski definition) is 2. The van der Waals surface area contributed by atoms with E-state index in [1.165, 1.54) is 4.88 Å². The number of ether oxygens (including phenoxy) is 1. The number of thiophene rings is 2. The Morgan fingerprint density at radius 2 is 2.38 bits per heavy atom. The van der Waals surface area contributed by atoms with Gasteiger partial charge in [0.05, 0.1) is 25.3 Å². The highest BCUT2D eigenvalue weighted by Gasteiger charge is 2.31. The average molecular weight is 445 g/mol. The first kappa shape index (κ1) is 16.8. The Labute approximate surface area is 161 Å². The fourth-order valence-electron chi connectivity index (χ4n) is 2.81. The summed E-state index contributed by atoms with van der Waals surface area (Å²) >= 11 is 13.3. The quantitative estimate of drug-likeness (QED) is 0.545. The van der Waals surface area contributed by atoms with Crippen LogP contribution in [0.15, 0.2) is 28.1 Å². The predicted octanol–water partition coefficient (Wildman–Crippen LogP) is 5.17. The van der Waals surface area contributed by atoms with Crippen LogP contribution in [0.4, 0.5) is 5.69 Å². The van der Waals surface area contributed by atoms with E-state index in [0.29, 0.717) is 11.8 Å². The fraction of sp³-hybridized carbons (Fsp3) is 0.312. The van der Waals surface area contributed by atoms with Crippen molar-refractivity contribution in [3.05, 3.63) is 43.0 Å². The number of hydrogen-bond acceptors (Lipinski definition) is 6. The number of anilines is 1. The minimum atomic E-state index is -0.0810. The number of nitrogens with two attached hydrogens (primary N) is 1. The topological polar surface area (TPSA) is 60.2 Å². The molecule has 1 aliphatic rings. The Morgan fingerprint density at radius 1 is 1.50 bits per heavy atom. The SMILES string of the molecule is N[C@H]1CCO[C@H]1c1sc2c(NCc3cccs3)cc(Cl)nc2c1Br. The van der Waals surface area contributed by atoms with Gasteiger partial charge in [-0.1, -0.05) is 17.7 Å². The van der Waals surface area contributed by atoms with Crippen molar-refractivity contribution in [3.8, 4) is 0 Å². The zero-order chi connectivity index (χ0) is 16.7. The van der Waals surface area contributed by atoms with Crippen molar-refractivity contribution in [3.63, 3.8) is 0 Å². The number of nitrogens with one attached hydrogen (secondary N) is 1. The molecule has 0 saturated carbocycles. The highest BCUT2D eigenvalue weighted by Crippen LogP contribution is 2.45. The van der Waals surface area contributed by atoms with Crippen LogP contribution in [0, 0.1) is 0 Å². The zero-order valence-corrected chi connectivity index (χ0v) is 16.6. The van der Waals surface area contributed by atoms with Crippen LogP contribution in [0.1, 0.15) is 22.3 Å². The molecule has 2 atom stereocenters. The van der Waals surface area contributed by atoms with E-state index < -0.39 is 0 Å². The summed E-state index contributed by atoms with van der Waals surface area (Å²) in [4.78, 5) is 6.85. The Kier molecular flexibility index (Phi) is 4.81. The number of aromatic nitrogens is 1. The highest BCUT2D eigenvalue weighted by molar-refractivity contribution is 9.10. The first-order chi connectivity index (χ1) is 11.6. The van der Waals surface area contributed by atoms with Crippen LogP contribution < -0.4 is 11.1 Å². The molecule has 1 aliphatic heterocycles. The van der Waals surface area contributed by atoms with Gasteiger partial charge in [0.2, 0.25) is 0 Å². The van der Waals surface area contributed by atoms with E-state index in [9.17, 15) is 0 Å². The van der Waals surface area contributed by atoms with Crippen LogP contribution in [0.3, 0.4) is 0 Å². The molecule has 126 valence electrons. The second-order valence-electron chi connectivity index (χ2n) is 5.63. The summed E-state index contributed by atoms with van der Waals surface area (Å²) in [6, 6.07) is 6.06. The normalized spacial score (nSPS) is 20.8. The van der Waals surface area contributed by atoms with Crippen molar-refractivity contribution in [1.29, 1.82) is 0 Å². The lowest BCUT2D eigenvalue weighted by Crippen LogP contribution is -2.22. The molecule has 0 radical (unpaired) electrons. The lowest BCUT2D eigenvalue weighted by molar-refractivity contribution is 0.107. The van der Waals surface area contributed by atoms with Crippen LogP contribution in [0.5, 0.6) is 0 Å². The molecule has 24 heavy (non-hydrogen) atoms. The molecular formula is C16H15BrClN3OS2. The van der Waals surface area contributed by atoms with Gasteiger partial charge in [-0.15, -0.1) is 22.7 Å². The average Bonchev–Trinajstić information content (AvgIpc) is 3.27. The first-order valence-corrected chi connectivity index (χ1v) is 10.4. The molecule has 3 aromatic rings. The molecule has 0 unspecified atom stereocenters. The first-order valence-electron chi connectivity index (χ1n) is 7.55. The van der Waals surface area contributed by atoms with Crippen molar-refractivity contribution in [2.75, 3.05) is 11.9 Å². The number of halogens is 2. The maximum absolute atomic E-state index is 6.23. The fourth-order valence-corrected chi connectivity index (χ4v) is 5.79. The maximum atomic E-state index is 6.23. The van der Waals surface area contributed by atoms with Crippen molar-refractivity contribution >= 4 is 66.1 Å². The molecule has 4 rings (SSSR count). The number of fused-ring (bicyclic) bond motifs is 1. The molecular weight excluding hydrogens is 430 g/mol. The third kappa shape index (κ3) is 3.09. The van der Waals surface area contributed by atoms with E-state index in [-0.39, 0.29) is 12.1 Å². The summed E-state index contributed by atoms with van der Waals surface area (Å²) in [6.07, 6.45) is 0.797. The van der Waals surface area contributed by atoms with Crippen LogP contribution in [0.25, 0.3) is 10.2 Å². The van der Waals surface area contributed by atoms with E-state index in [4.69, 9.17) is 22.1 Å². The van der Waals surface area contributed by atoms with Gasteiger partial charge in [-0.25, -0.2) is 4.98 Å². The Balaban J connectivity index is 1.73. The zero-order valence-electron chi connectivity index (χ0n) is 12.6. The van der Waals surface area contributed by atoms with Gasteiger partial charge in [0.25, 0.3) is 0 Å². The van der Waals surface area contributed by atoms with E-state index in [2.05, 4.69) is 43.7 Å². The standard InChI is InChI=1S/C16H15BrClN3OS2/c17-12-13-15(24-16(12)14-9(19)3-4-22-14)10(6-11(18)21-13)20-7-8-2-1-5-23-8/h1-2,5-6,9,14H,3-4,7,19H2,(H,20,21)/t9-,14+/m0/s1. The molecule has 1 saturated heterocycles. The molecule has 3 aromatic heterocycles. The van der Waals surface area contributed by atoms with Crippen LogP contribution in [-0.4, -0.2) is 17.6 Å². The Bertz CT molecular complexity index is 868. The lowest BCUT2D eigenvalue weighted by atomic mass is 10.1. The molecule has 4 heterocycles. The molecule has 0 aliphatic carbocycles. The van der Waals surface area contributed by atoms with Gasteiger partial charge < -0.3 is 15.8 Å². The van der Waals surface area contributed by atoms with Crippen LogP contribution >= 0.6 is 50.2 Å². The summed E-state index contributed by atoms with van der Waals surface area (Å²) in [5.74, 6) is 0. The smallest absolute Gasteiger partial charge is 0.131 e. The van der Waals surface area contributed by atoms with Crippen molar-refractivity contribution in [2.24, 2.45) is 5.73 Å². The third-order valence-corrected chi connectivity index (χ3v) is 7.42. The van der Waals surface area contributed by atoms with Gasteiger partial charge in [-0.3, -0.25) is 0 Å². The molecule has 0 bridgehead atoms. The second-order valence-corrected chi connectivity index (χ2v) is 8.89. The predicted molar refractivity (Wildman–Crippen MR) is 105 cm³/mol. The maximum Gasteiger partial charge on any atom is 0.131 e. The number of rotatable bonds is 4. The summed E-state index contributed by atoms with van der Waals surface area (Å²) in [6.45, 7) is 1.46.